The van der Waals surface area contributed by atoms with Crippen LogP contribution in [0.25, 0.3) is 0 Å². The van der Waals surface area contributed by atoms with Gasteiger partial charge in [-0.1, -0.05) is 13.8 Å². The Bertz CT molecular complexity index is 120. The molecule has 0 aromatic heterocycles. The van der Waals surface area contributed by atoms with Crippen molar-refractivity contribution in [3.8, 4) is 0 Å². The van der Waals surface area contributed by atoms with Gasteiger partial charge in [-0.25, -0.2) is 10.4 Å². The van der Waals surface area contributed by atoms with Crippen molar-refractivity contribution in [2.45, 2.75) is 33.9 Å². The summed E-state index contributed by atoms with van der Waals surface area (Å²) in [6, 6.07) is 0. The summed E-state index contributed by atoms with van der Waals surface area (Å²) >= 11 is 0. The number of hydrogen-bond acceptors (Lipinski definition) is 4. The molecule has 4 nitrogen and oxygen atoms in total. The summed E-state index contributed by atoms with van der Waals surface area (Å²) in [6.45, 7) is 10.9. The second-order valence-corrected chi connectivity index (χ2v) is 2.55. The monoisotopic (exact) mass is 172 g/mol. The van der Waals surface area contributed by atoms with Crippen LogP contribution in [-0.4, -0.2) is 30.8 Å². The average Bonchev–Trinajstić information content (AvgIpc) is 2.10. The van der Waals surface area contributed by atoms with Gasteiger partial charge in [-0.2, -0.15) is 10.2 Å². The molecule has 72 valence electrons. The maximum absolute atomic E-state index is 4.05. The molecule has 0 aliphatic rings. The Morgan fingerprint density at radius 1 is 1.25 bits per heavy atom. The van der Waals surface area contributed by atoms with E-state index in [4.69, 9.17) is 0 Å². The lowest BCUT2D eigenvalue weighted by Gasteiger charge is -2.21. The van der Waals surface area contributed by atoms with E-state index in [-0.39, 0.29) is 6.17 Å². The minimum absolute atomic E-state index is 0.0878. The van der Waals surface area contributed by atoms with E-state index < -0.39 is 0 Å². The Balaban J connectivity index is 3.65. The van der Waals surface area contributed by atoms with Gasteiger partial charge in [-0.05, 0) is 13.8 Å². The van der Waals surface area contributed by atoms with Gasteiger partial charge in [0.2, 0.25) is 0 Å². The molecule has 1 atom stereocenters. The smallest absolute Gasteiger partial charge is 0.130 e. The third kappa shape index (κ3) is 5.21. The van der Waals surface area contributed by atoms with Crippen LogP contribution in [0.5, 0.6) is 0 Å². The highest BCUT2D eigenvalue weighted by Crippen LogP contribution is 1.89. The lowest BCUT2D eigenvalue weighted by molar-refractivity contribution is 0.180. The third-order valence-electron chi connectivity index (χ3n) is 1.53. The topological polar surface area (TPSA) is 40.0 Å². The van der Waals surface area contributed by atoms with Gasteiger partial charge in [0.15, 0.2) is 0 Å². The van der Waals surface area contributed by atoms with Crippen LogP contribution in [0, 0.1) is 0 Å². The second kappa shape index (κ2) is 7.18. The Hall–Kier alpha value is -0.480. The predicted octanol–water partition coefficient (Wildman–Crippen LogP) is 1.65. The second-order valence-electron chi connectivity index (χ2n) is 2.55. The van der Waals surface area contributed by atoms with E-state index in [0.717, 1.165) is 19.6 Å². The molecule has 0 aliphatic carbocycles. The zero-order chi connectivity index (χ0) is 9.40. The number of nitrogens with one attached hydrogen (secondary N) is 1. The quantitative estimate of drug-likeness (QED) is 0.489. The van der Waals surface area contributed by atoms with E-state index in [9.17, 15) is 0 Å². The summed E-state index contributed by atoms with van der Waals surface area (Å²) in [7, 11) is 0. The summed E-state index contributed by atoms with van der Waals surface area (Å²) in [5.74, 6) is 0. The summed E-state index contributed by atoms with van der Waals surface area (Å²) in [4.78, 5) is 0. The van der Waals surface area contributed by atoms with Gasteiger partial charge in [-0.15, -0.1) is 0 Å². The van der Waals surface area contributed by atoms with Crippen molar-refractivity contribution in [3.05, 3.63) is 0 Å². The summed E-state index contributed by atoms with van der Waals surface area (Å²) in [5.41, 5.74) is 3.22. The number of rotatable bonds is 6. The van der Waals surface area contributed by atoms with Crippen LogP contribution in [0.1, 0.15) is 27.7 Å². The van der Waals surface area contributed by atoms with E-state index in [0.29, 0.717) is 0 Å². The van der Waals surface area contributed by atoms with E-state index in [1.165, 1.54) is 0 Å². The molecule has 0 rings (SSSR count). The van der Waals surface area contributed by atoms with Gasteiger partial charge in [-0.3, -0.25) is 0 Å². The number of azo groups is 1. The van der Waals surface area contributed by atoms with Crippen LogP contribution in [0.3, 0.4) is 0 Å². The summed E-state index contributed by atoms with van der Waals surface area (Å²) in [6.07, 6.45) is 0.0878. The largest absolute Gasteiger partial charge is 0.243 e. The molecule has 0 saturated carbocycles. The molecule has 4 heteroatoms. The fourth-order valence-electron chi connectivity index (χ4n) is 0.900. The molecular weight excluding hydrogens is 152 g/mol. The van der Waals surface area contributed by atoms with Crippen LogP contribution >= 0.6 is 0 Å². The van der Waals surface area contributed by atoms with Gasteiger partial charge in [0.05, 0.1) is 6.54 Å². The fraction of sp³-hybridized carbons (Fsp3) is 1.00. The molecule has 0 amide bonds. The maximum Gasteiger partial charge on any atom is 0.130 e. The first-order valence-electron chi connectivity index (χ1n) is 4.62. The first-order chi connectivity index (χ1) is 5.74. The molecule has 0 spiro atoms. The fourth-order valence-corrected chi connectivity index (χ4v) is 0.900. The van der Waals surface area contributed by atoms with Crippen molar-refractivity contribution < 1.29 is 0 Å². The Labute approximate surface area is 75.0 Å². The zero-order valence-corrected chi connectivity index (χ0v) is 8.54. The number of hydrazine groups is 1. The predicted molar refractivity (Wildman–Crippen MR) is 50.9 cm³/mol. The van der Waals surface area contributed by atoms with Crippen LogP contribution in [0.4, 0.5) is 0 Å². The molecular formula is C8H20N4. The van der Waals surface area contributed by atoms with Gasteiger partial charge in [0, 0.05) is 13.1 Å². The molecule has 0 radical (unpaired) electrons. The zero-order valence-electron chi connectivity index (χ0n) is 8.54. The Kier molecular flexibility index (Phi) is 6.90. The average molecular weight is 172 g/mol. The summed E-state index contributed by atoms with van der Waals surface area (Å²) in [5, 5.41) is 10.1. The molecule has 0 fully saturated rings. The lowest BCUT2D eigenvalue weighted by atomic mass is 10.6. The highest BCUT2D eigenvalue weighted by Gasteiger charge is 2.02. The van der Waals surface area contributed by atoms with Gasteiger partial charge >= 0.3 is 0 Å². The van der Waals surface area contributed by atoms with Crippen molar-refractivity contribution in [2.24, 2.45) is 10.2 Å². The Morgan fingerprint density at radius 3 is 2.25 bits per heavy atom. The van der Waals surface area contributed by atoms with Gasteiger partial charge < -0.3 is 0 Å². The first-order valence-corrected chi connectivity index (χ1v) is 4.62. The SMILES string of the molecule is CCN=NC(C)NN(CC)CC. The lowest BCUT2D eigenvalue weighted by Crippen LogP contribution is -2.42. The van der Waals surface area contributed by atoms with Crippen molar-refractivity contribution in [1.29, 1.82) is 0 Å². The minimum Gasteiger partial charge on any atom is -0.243 e. The summed E-state index contributed by atoms with van der Waals surface area (Å²) < 4.78 is 0. The molecule has 1 unspecified atom stereocenters. The van der Waals surface area contributed by atoms with Crippen molar-refractivity contribution in [1.82, 2.24) is 10.4 Å². The van der Waals surface area contributed by atoms with E-state index in [1.807, 2.05) is 13.8 Å². The van der Waals surface area contributed by atoms with Crippen LogP contribution in [0.15, 0.2) is 10.2 Å². The number of hydrogen-bond donors (Lipinski definition) is 1. The molecule has 0 bridgehead atoms. The normalized spacial score (nSPS) is 14.4. The van der Waals surface area contributed by atoms with Crippen LogP contribution < -0.4 is 5.43 Å². The maximum atomic E-state index is 4.05. The minimum atomic E-state index is 0.0878. The van der Waals surface area contributed by atoms with Crippen LogP contribution in [-0.2, 0) is 0 Å². The molecule has 0 aromatic rings. The molecule has 0 heterocycles. The molecule has 0 aliphatic heterocycles. The van der Waals surface area contributed by atoms with Crippen LogP contribution in [0.2, 0.25) is 0 Å². The molecule has 0 aromatic carbocycles. The van der Waals surface area contributed by atoms with E-state index in [2.05, 4.69) is 34.5 Å². The van der Waals surface area contributed by atoms with E-state index in [1.54, 1.807) is 0 Å². The van der Waals surface area contributed by atoms with Crippen molar-refractivity contribution in [2.75, 3.05) is 19.6 Å². The van der Waals surface area contributed by atoms with Crippen molar-refractivity contribution >= 4 is 0 Å². The highest BCUT2D eigenvalue weighted by molar-refractivity contribution is 4.52. The standard InChI is InChI=1S/C8H20N4/c1-5-9-10-8(4)11-12(6-2)7-3/h8,11H,5-7H2,1-4H3. The number of nitrogens with zero attached hydrogens (tertiary/aromatic N) is 3. The van der Waals surface area contributed by atoms with E-state index >= 15 is 0 Å². The molecule has 1 N–H and O–H groups in total. The molecule has 0 saturated heterocycles. The van der Waals surface area contributed by atoms with Gasteiger partial charge in [0.25, 0.3) is 0 Å². The first kappa shape index (κ1) is 11.5. The van der Waals surface area contributed by atoms with Crippen molar-refractivity contribution in [3.63, 3.8) is 0 Å². The Morgan fingerprint density at radius 2 is 1.83 bits per heavy atom. The third-order valence-corrected chi connectivity index (χ3v) is 1.53. The highest BCUT2D eigenvalue weighted by atomic mass is 15.5. The van der Waals surface area contributed by atoms with Gasteiger partial charge in [0.1, 0.15) is 6.17 Å². The molecule has 12 heavy (non-hydrogen) atoms.